The number of hydrogen-bond acceptors (Lipinski definition) is 0. The number of halogens is 2. The van der Waals surface area contributed by atoms with Gasteiger partial charge in [0, 0.05) is 0 Å². The Bertz CT molecular complexity index is 706. The van der Waals surface area contributed by atoms with Gasteiger partial charge in [0.1, 0.15) is 0 Å². The molecular formula is C31H48F2. The van der Waals surface area contributed by atoms with Crippen molar-refractivity contribution in [2.45, 2.75) is 129 Å². The van der Waals surface area contributed by atoms with Crippen molar-refractivity contribution < 1.29 is 8.78 Å². The lowest BCUT2D eigenvalue weighted by Gasteiger charge is -2.38. The van der Waals surface area contributed by atoms with Crippen molar-refractivity contribution in [1.29, 1.82) is 0 Å². The van der Waals surface area contributed by atoms with Crippen molar-refractivity contribution in [2.24, 2.45) is 17.8 Å². The van der Waals surface area contributed by atoms with Crippen LogP contribution in [0.2, 0.25) is 0 Å². The largest absolute Gasteiger partial charge is 0.203 e. The van der Waals surface area contributed by atoms with E-state index in [1.807, 2.05) is 24.3 Å². The van der Waals surface area contributed by atoms with Crippen LogP contribution in [0.4, 0.5) is 8.78 Å². The van der Waals surface area contributed by atoms with Crippen molar-refractivity contribution in [3.63, 3.8) is 0 Å². The molecule has 1 aromatic rings. The van der Waals surface area contributed by atoms with E-state index in [2.05, 4.69) is 13.8 Å². The van der Waals surface area contributed by atoms with E-state index in [1.165, 1.54) is 83.5 Å². The molecule has 33 heavy (non-hydrogen) atoms. The van der Waals surface area contributed by atoms with E-state index in [9.17, 15) is 8.78 Å². The number of benzene rings is 1. The van der Waals surface area contributed by atoms with Crippen LogP contribution in [-0.4, -0.2) is 0 Å². The Kier molecular flexibility index (Phi) is 11.4. The molecule has 186 valence electrons. The van der Waals surface area contributed by atoms with Crippen LogP contribution < -0.4 is 0 Å². The average Bonchev–Trinajstić information content (AvgIpc) is 2.85. The Morgan fingerprint density at radius 3 is 2.03 bits per heavy atom. The van der Waals surface area contributed by atoms with Gasteiger partial charge in [0.2, 0.25) is 0 Å². The molecule has 0 saturated heterocycles. The normalized spacial score (nSPS) is 26.2. The molecule has 0 aromatic heterocycles. The molecule has 2 aliphatic carbocycles. The molecule has 0 spiro atoms. The van der Waals surface area contributed by atoms with Gasteiger partial charge in [-0.15, -0.1) is 0 Å². The molecule has 2 saturated carbocycles. The highest BCUT2D eigenvalue weighted by Crippen LogP contribution is 2.45. The van der Waals surface area contributed by atoms with Gasteiger partial charge < -0.3 is 0 Å². The second kappa shape index (κ2) is 14.3. The van der Waals surface area contributed by atoms with E-state index in [0.29, 0.717) is 17.5 Å². The first-order valence-electron chi connectivity index (χ1n) is 14.3. The molecule has 2 aliphatic rings. The summed E-state index contributed by atoms with van der Waals surface area (Å²) >= 11 is 0. The van der Waals surface area contributed by atoms with Crippen LogP contribution in [0.3, 0.4) is 0 Å². The van der Waals surface area contributed by atoms with Crippen molar-refractivity contribution in [1.82, 2.24) is 0 Å². The number of hydrogen-bond donors (Lipinski definition) is 0. The average molecular weight is 459 g/mol. The van der Waals surface area contributed by atoms with E-state index >= 15 is 0 Å². The zero-order valence-corrected chi connectivity index (χ0v) is 21.4. The van der Waals surface area contributed by atoms with E-state index in [-0.39, 0.29) is 5.92 Å². The van der Waals surface area contributed by atoms with Gasteiger partial charge in [-0.25, -0.2) is 8.78 Å². The summed E-state index contributed by atoms with van der Waals surface area (Å²) in [5, 5.41) is 0. The molecular weight excluding hydrogens is 410 g/mol. The maximum absolute atomic E-state index is 14.8. The first-order valence-corrected chi connectivity index (χ1v) is 14.3. The summed E-state index contributed by atoms with van der Waals surface area (Å²) in [5.74, 6) is 1.63. The zero-order chi connectivity index (χ0) is 23.5. The molecule has 0 atom stereocenters. The summed E-state index contributed by atoms with van der Waals surface area (Å²) < 4.78 is 29.4. The maximum atomic E-state index is 14.8. The highest BCUT2D eigenvalue weighted by molar-refractivity contribution is 5.30. The molecule has 0 unspecified atom stereocenters. The third-order valence-electron chi connectivity index (χ3n) is 8.67. The summed E-state index contributed by atoms with van der Waals surface area (Å²) in [6, 6.07) is 3.68. The molecule has 2 heteroatoms. The fourth-order valence-electron chi connectivity index (χ4n) is 6.52. The summed E-state index contributed by atoms with van der Waals surface area (Å²) in [6.07, 6.45) is 25.3. The van der Waals surface area contributed by atoms with Crippen LogP contribution in [0, 0.1) is 29.4 Å². The van der Waals surface area contributed by atoms with Crippen molar-refractivity contribution in [3.05, 3.63) is 47.0 Å². The van der Waals surface area contributed by atoms with Crippen LogP contribution in [0.15, 0.2) is 24.3 Å². The molecule has 2 fully saturated rings. The standard InChI is InChI=1S/C31H48F2/c1-3-5-7-8-9-11-12-24-14-16-25(17-15-24)26-18-20-27(21-19-26)29-23-22-28(13-10-6-4-2)30(32)31(29)33/h6,10,22-27H,3-5,7-9,11-21H2,1-2H3/b10-6-. The van der Waals surface area contributed by atoms with Crippen molar-refractivity contribution in [2.75, 3.05) is 0 Å². The van der Waals surface area contributed by atoms with Crippen LogP contribution in [0.25, 0.3) is 0 Å². The number of unbranched alkanes of at least 4 members (excludes halogenated alkanes) is 5. The number of allylic oxidation sites excluding steroid dienone is 2. The summed E-state index contributed by atoms with van der Waals surface area (Å²) in [7, 11) is 0. The van der Waals surface area contributed by atoms with Gasteiger partial charge in [0.25, 0.3) is 0 Å². The van der Waals surface area contributed by atoms with Gasteiger partial charge in [0.05, 0.1) is 0 Å². The Balaban J connectivity index is 1.40. The smallest absolute Gasteiger partial charge is 0.162 e. The Labute approximate surface area is 202 Å². The second-order valence-electron chi connectivity index (χ2n) is 11.0. The molecule has 0 N–H and O–H groups in total. The van der Waals surface area contributed by atoms with Gasteiger partial charge in [-0.2, -0.15) is 0 Å². The first-order chi connectivity index (χ1) is 16.1. The molecule has 0 radical (unpaired) electrons. The first kappa shape index (κ1) is 26.4. The molecule has 3 rings (SSSR count). The lowest BCUT2D eigenvalue weighted by Crippen LogP contribution is -2.25. The molecule has 0 amide bonds. The summed E-state index contributed by atoms with van der Waals surface area (Å²) in [4.78, 5) is 0. The highest BCUT2D eigenvalue weighted by atomic mass is 19.2. The minimum absolute atomic E-state index is 0.194. The van der Waals surface area contributed by atoms with Gasteiger partial charge in [-0.05, 0) is 86.2 Å². The lowest BCUT2D eigenvalue weighted by molar-refractivity contribution is 0.155. The van der Waals surface area contributed by atoms with Crippen LogP contribution >= 0.6 is 0 Å². The fraction of sp³-hybridized carbons (Fsp3) is 0.742. The van der Waals surface area contributed by atoms with E-state index in [0.717, 1.165) is 37.0 Å². The maximum Gasteiger partial charge on any atom is 0.162 e. The molecule has 1 aromatic carbocycles. The van der Waals surface area contributed by atoms with Gasteiger partial charge >= 0.3 is 0 Å². The van der Waals surface area contributed by atoms with E-state index in [4.69, 9.17) is 0 Å². The summed E-state index contributed by atoms with van der Waals surface area (Å²) in [6.45, 7) is 4.34. The van der Waals surface area contributed by atoms with E-state index < -0.39 is 11.6 Å². The fourth-order valence-corrected chi connectivity index (χ4v) is 6.52. The van der Waals surface area contributed by atoms with Crippen molar-refractivity contribution in [3.8, 4) is 0 Å². The minimum atomic E-state index is -0.626. The predicted molar refractivity (Wildman–Crippen MR) is 138 cm³/mol. The molecule has 0 heterocycles. The Hall–Kier alpha value is -1.18. The highest BCUT2D eigenvalue weighted by Gasteiger charge is 2.32. The van der Waals surface area contributed by atoms with Crippen molar-refractivity contribution >= 4 is 0 Å². The Morgan fingerprint density at radius 2 is 1.36 bits per heavy atom. The van der Waals surface area contributed by atoms with Crippen LogP contribution in [0.1, 0.15) is 134 Å². The SMILES string of the molecule is CC/C=C\Cc1ccc(C2CCC(C3CCC(CCCCCCCC)CC3)CC2)c(F)c1F. The zero-order valence-electron chi connectivity index (χ0n) is 21.4. The summed E-state index contributed by atoms with van der Waals surface area (Å²) in [5.41, 5.74) is 1.10. The van der Waals surface area contributed by atoms with Crippen LogP contribution in [0.5, 0.6) is 0 Å². The van der Waals surface area contributed by atoms with E-state index in [1.54, 1.807) is 0 Å². The number of rotatable bonds is 12. The quantitative estimate of drug-likeness (QED) is 0.216. The minimum Gasteiger partial charge on any atom is -0.203 e. The lowest BCUT2D eigenvalue weighted by atomic mass is 9.68. The van der Waals surface area contributed by atoms with Gasteiger partial charge in [-0.3, -0.25) is 0 Å². The predicted octanol–water partition coefficient (Wildman–Crippen LogP) is 10.3. The second-order valence-corrected chi connectivity index (χ2v) is 11.0. The topological polar surface area (TPSA) is 0 Å². The van der Waals surface area contributed by atoms with Crippen LogP contribution in [-0.2, 0) is 6.42 Å². The molecule has 0 aliphatic heterocycles. The third-order valence-corrected chi connectivity index (χ3v) is 8.67. The van der Waals surface area contributed by atoms with Gasteiger partial charge in [-0.1, -0.05) is 95.9 Å². The van der Waals surface area contributed by atoms with Gasteiger partial charge in [0.15, 0.2) is 11.6 Å². The molecule has 0 bridgehead atoms. The third kappa shape index (κ3) is 7.93. The Morgan fingerprint density at radius 1 is 0.727 bits per heavy atom. The molecule has 0 nitrogen and oxygen atoms in total. The monoisotopic (exact) mass is 458 g/mol.